The molecule has 3 rings (SSSR count). The predicted octanol–water partition coefficient (Wildman–Crippen LogP) is 1.90. The van der Waals surface area contributed by atoms with Gasteiger partial charge in [-0.2, -0.15) is 0 Å². The van der Waals surface area contributed by atoms with Crippen LogP contribution in [0.2, 0.25) is 0 Å². The van der Waals surface area contributed by atoms with Crippen LogP contribution in [0.4, 0.5) is 0 Å². The lowest BCUT2D eigenvalue weighted by molar-refractivity contribution is -0.127. The van der Waals surface area contributed by atoms with E-state index in [1.165, 1.54) is 0 Å². The molecule has 2 heterocycles. The molecule has 18 heavy (non-hydrogen) atoms. The molecule has 4 heteroatoms. The van der Waals surface area contributed by atoms with Gasteiger partial charge in [0, 0.05) is 6.42 Å². The van der Waals surface area contributed by atoms with Crippen molar-refractivity contribution < 1.29 is 13.9 Å². The number of para-hydroxylation sites is 1. The van der Waals surface area contributed by atoms with E-state index in [2.05, 4.69) is 5.32 Å². The van der Waals surface area contributed by atoms with E-state index < -0.39 is 6.10 Å². The Morgan fingerprint density at radius 2 is 2.17 bits per heavy atom. The number of carbonyl (C=O) groups is 1. The number of amides is 1. The number of ether oxygens (including phenoxy) is 1. The second-order valence-corrected chi connectivity index (χ2v) is 4.22. The molecule has 0 radical (unpaired) electrons. The Balaban J connectivity index is 1.59. The third kappa shape index (κ3) is 2.09. The maximum Gasteiger partial charge on any atom is 0.261 e. The van der Waals surface area contributed by atoms with Crippen LogP contribution in [0, 0.1) is 0 Å². The fraction of sp³-hybridized carbons (Fsp3) is 0.214. The highest BCUT2D eigenvalue weighted by Crippen LogP contribution is 2.28. The number of hydrogen-bond donors (Lipinski definition) is 1. The van der Waals surface area contributed by atoms with Gasteiger partial charge in [0.15, 0.2) is 6.10 Å². The van der Waals surface area contributed by atoms with Crippen LogP contribution in [-0.4, -0.2) is 12.0 Å². The molecule has 1 amide bonds. The molecule has 4 nitrogen and oxygen atoms in total. The molecule has 0 bridgehead atoms. The number of carbonyl (C=O) groups excluding carboxylic acids is 1. The van der Waals surface area contributed by atoms with E-state index in [0.717, 1.165) is 17.1 Å². The molecule has 0 spiro atoms. The van der Waals surface area contributed by atoms with Crippen molar-refractivity contribution >= 4 is 5.91 Å². The maximum absolute atomic E-state index is 11.9. The Hall–Kier alpha value is -2.23. The maximum atomic E-state index is 11.9. The highest BCUT2D eigenvalue weighted by molar-refractivity contribution is 5.82. The molecule has 0 saturated carbocycles. The number of furan rings is 1. The summed E-state index contributed by atoms with van der Waals surface area (Å²) >= 11 is 0. The molecule has 2 aromatic rings. The van der Waals surface area contributed by atoms with Gasteiger partial charge in [-0.15, -0.1) is 0 Å². The molecule has 1 aromatic heterocycles. The molecule has 1 aliphatic rings. The lowest BCUT2D eigenvalue weighted by Gasteiger charge is -2.10. The lowest BCUT2D eigenvalue weighted by Crippen LogP contribution is -2.36. The summed E-state index contributed by atoms with van der Waals surface area (Å²) in [5.74, 6) is 1.43. The average molecular weight is 243 g/mol. The Morgan fingerprint density at radius 1 is 1.28 bits per heavy atom. The van der Waals surface area contributed by atoms with Crippen molar-refractivity contribution in [2.24, 2.45) is 0 Å². The van der Waals surface area contributed by atoms with Crippen LogP contribution in [0.15, 0.2) is 47.1 Å². The molecule has 92 valence electrons. The second-order valence-electron chi connectivity index (χ2n) is 4.22. The molecule has 1 N–H and O–H groups in total. The Labute approximate surface area is 105 Å². The van der Waals surface area contributed by atoms with Crippen molar-refractivity contribution in [3.8, 4) is 5.75 Å². The SMILES string of the molecule is O=C(NCc1ccco1)[C@H]1Cc2ccccc2O1. The van der Waals surface area contributed by atoms with Gasteiger partial charge in [0.2, 0.25) is 0 Å². The molecule has 0 unspecified atom stereocenters. The van der Waals surface area contributed by atoms with E-state index in [1.807, 2.05) is 30.3 Å². The fourth-order valence-corrected chi connectivity index (χ4v) is 2.03. The summed E-state index contributed by atoms with van der Waals surface area (Å²) < 4.78 is 10.7. The van der Waals surface area contributed by atoms with Crippen molar-refractivity contribution in [3.05, 3.63) is 54.0 Å². The first-order chi connectivity index (χ1) is 8.83. The molecular formula is C14H13NO3. The van der Waals surface area contributed by atoms with Crippen molar-refractivity contribution in [1.82, 2.24) is 5.32 Å². The third-order valence-electron chi connectivity index (χ3n) is 2.96. The van der Waals surface area contributed by atoms with Crippen LogP contribution in [0.1, 0.15) is 11.3 Å². The van der Waals surface area contributed by atoms with Crippen LogP contribution >= 0.6 is 0 Å². The summed E-state index contributed by atoms with van der Waals surface area (Å²) in [5, 5.41) is 2.80. The van der Waals surface area contributed by atoms with E-state index in [1.54, 1.807) is 12.3 Å². The highest BCUT2D eigenvalue weighted by Gasteiger charge is 2.28. The van der Waals surface area contributed by atoms with Gasteiger partial charge in [0.25, 0.3) is 5.91 Å². The zero-order chi connectivity index (χ0) is 12.4. The molecule has 1 aliphatic heterocycles. The van der Waals surface area contributed by atoms with Crippen LogP contribution < -0.4 is 10.1 Å². The lowest BCUT2D eigenvalue weighted by atomic mass is 10.1. The van der Waals surface area contributed by atoms with Gasteiger partial charge in [-0.05, 0) is 23.8 Å². The largest absolute Gasteiger partial charge is 0.480 e. The normalized spacial score (nSPS) is 17.0. The van der Waals surface area contributed by atoms with Gasteiger partial charge in [-0.25, -0.2) is 0 Å². The quantitative estimate of drug-likeness (QED) is 0.895. The molecule has 1 atom stereocenters. The van der Waals surface area contributed by atoms with Crippen LogP contribution in [0.3, 0.4) is 0 Å². The first-order valence-corrected chi connectivity index (χ1v) is 5.87. The summed E-state index contributed by atoms with van der Waals surface area (Å²) in [6.07, 6.45) is 1.78. The van der Waals surface area contributed by atoms with Crippen LogP contribution in [0.5, 0.6) is 5.75 Å². The monoisotopic (exact) mass is 243 g/mol. The van der Waals surface area contributed by atoms with Crippen molar-refractivity contribution in [2.75, 3.05) is 0 Å². The van der Waals surface area contributed by atoms with E-state index in [9.17, 15) is 4.79 Å². The van der Waals surface area contributed by atoms with E-state index in [4.69, 9.17) is 9.15 Å². The highest BCUT2D eigenvalue weighted by atomic mass is 16.5. The first-order valence-electron chi connectivity index (χ1n) is 5.87. The minimum absolute atomic E-state index is 0.109. The molecule has 0 fully saturated rings. The molecule has 0 aliphatic carbocycles. The van der Waals surface area contributed by atoms with Crippen molar-refractivity contribution in [3.63, 3.8) is 0 Å². The molecule has 0 saturated heterocycles. The van der Waals surface area contributed by atoms with Crippen molar-refractivity contribution in [1.29, 1.82) is 0 Å². The second kappa shape index (κ2) is 4.56. The number of fused-ring (bicyclic) bond motifs is 1. The Bertz CT molecular complexity index is 523. The fourth-order valence-electron chi connectivity index (χ4n) is 2.03. The third-order valence-corrected chi connectivity index (χ3v) is 2.96. The zero-order valence-corrected chi connectivity index (χ0v) is 9.76. The van der Waals surface area contributed by atoms with E-state index >= 15 is 0 Å². The van der Waals surface area contributed by atoms with Gasteiger partial charge in [0.1, 0.15) is 11.5 Å². The Morgan fingerprint density at radius 3 is 2.94 bits per heavy atom. The minimum atomic E-state index is -0.433. The minimum Gasteiger partial charge on any atom is -0.480 e. The van der Waals surface area contributed by atoms with E-state index in [-0.39, 0.29) is 5.91 Å². The summed E-state index contributed by atoms with van der Waals surface area (Å²) in [7, 11) is 0. The zero-order valence-electron chi connectivity index (χ0n) is 9.76. The Kier molecular flexibility index (Phi) is 2.76. The topological polar surface area (TPSA) is 51.5 Å². The number of rotatable bonds is 3. The van der Waals surface area contributed by atoms with Gasteiger partial charge >= 0.3 is 0 Å². The van der Waals surface area contributed by atoms with Gasteiger partial charge in [0.05, 0.1) is 12.8 Å². The van der Waals surface area contributed by atoms with Gasteiger partial charge in [-0.1, -0.05) is 18.2 Å². The smallest absolute Gasteiger partial charge is 0.261 e. The van der Waals surface area contributed by atoms with Gasteiger partial charge < -0.3 is 14.5 Å². The van der Waals surface area contributed by atoms with Crippen LogP contribution in [0.25, 0.3) is 0 Å². The summed E-state index contributed by atoms with van der Waals surface area (Å²) in [6, 6.07) is 11.3. The number of nitrogens with one attached hydrogen (secondary N) is 1. The standard InChI is InChI=1S/C14H13NO3/c16-14(15-9-11-5-3-7-17-11)13-8-10-4-1-2-6-12(10)18-13/h1-7,13H,8-9H2,(H,15,16)/t13-/m1/s1. The predicted molar refractivity (Wildman–Crippen MR) is 65.1 cm³/mol. The summed E-state index contributed by atoms with van der Waals surface area (Å²) in [5.41, 5.74) is 1.08. The summed E-state index contributed by atoms with van der Waals surface area (Å²) in [4.78, 5) is 11.9. The van der Waals surface area contributed by atoms with E-state index in [0.29, 0.717) is 13.0 Å². The first kappa shape index (κ1) is 10.9. The number of hydrogen-bond acceptors (Lipinski definition) is 3. The average Bonchev–Trinajstić information content (AvgIpc) is 3.04. The van der Waals surface area contributed by atoms with Gasteiger partial charge in [-0.3, -0.25) is 4.79 Å². The molecular weight excluding hydrogens is 230 g/mol. The van der Waals surface area contributed by atoms with Crippen molar-refractivity contribution in [2.45, 2.75) is 19.1 Å². The molecule has 1 aromatic carbocycles. The summed E-state index contributed by atoms with van der Waals surface area (Å²) in [6.45, 7) is 0.391. The van der Waals surface area contributed by atoms with Crippen LogP contribution in [-0.2, 0) is 17.8 Å². The number of benzene rings is 1.